The Hall–Kier alpha value is -2.73. The number of imide groups is 1. The molecule has 156 valence electrons. The van der Waals surface area contributed by atoms with Gasteiger partial charge in [0.25, 0.3) is 11.1 Å². The lowest BCUT2D eigenvalue weighted by Gasteiger charge is -2.17. The molecule has 0 bridgehead atoms. The van der Waals surface area contributed by atoms with Crippen LogP contribution in [0.3, 0.4) is 0 Å². The number of nitrogens with zero attached hydrogens (tertiary/aromatic N) is 2. The first-order chi connectivity index (χ1) is 14.5. The molecule has 6 heteroatoms. The fraction of sp³-hybridized carbons (Fsp3) is 0.333. The van der Waals surface area contributed by atoms with E-state index in [1.54, 1.807) is 6.08 Å². The molecule has 0 saturated carbocycles. The van der Waals surface area contributed by atoms with E-state index >= 15 is 0 Å². The Morgan fingerprint density at radius 1 is 1.03 bits per heavy atom. The van der Waals surface area contributed by atoms with Gasteiger partial charge < -0.3 is 9.64 Å². The van der Waals surface area contributed by atoms with Gasteiger partial charge in [-0.05, 0) is 84.5 Å². The van der Waals surface area contributed by atoms with Gasteiger partial charge in [-0.25, -0.2) is 0 Å². The second-order valence-electron chi connectivity index (χ2n) is 7.81. The SMILES string of the molecule is CN(C)c1ccc(/C=C2/SC(=O)N(CCOc3ccc4c(c3)CCCC4)C2=O)cc1. The van der Waals surface area contributed by atoms with Gasteiger partial charge in [0.1, 0.15) is 12.4 Å². The Morgan fingerprint density at radius 3 is 2.50 bits per heavy atom. The summed E-state index contributed by atoms with van der Waals surface area (Å²) in [6.07, 6.45) is 6.47. The van der Waals surface area contributed by atoms with E-state index in [0.717, 1.165) is 41.6 Å². The van der Waals surface area contributed by atoms with E-state index in [-0.39, 0.29) is 17.7 Å². The molecule has 0 atom stereocenters. The van der Waals surface area contributed by atoms with E-state index in [1.807, 2.05) is 49.3 Å². The standard InChI is InChI=1S/C24H26N2O3S/c1-25(2)20-10-7-17(8-11-20)15-22-23(27)26(24(28)30-22)13-14-29-21-12-9-18-5-3-4-6-19(18)16-21/h7-12,15-16H,3-6,13-14H2,1-2H3/b22-15+. The first-order valence-corrected chi connectivity index (χ1v) is 11.1. The highest BCUT2D eigenvalue weighted by Crippen LogP contribution is 2.32. The van der Waals surface area contributed by atoms with Crippen molar-refractivity contribution in [3.8, 4) is 5.75 Å². The molecule has 2 aliphatic rings. The highest BCUT2D eigenvalue weighted by atomic mass is 32.2. The fourth-order valence-electron chi connectivity index (χ4n) is 3.77. The molecule has 2 aromatic carbocycles. The lowest BCUT2D eigenvalue weighted by atomic mass is 9.92. The topological polar surface area (TPSA) is 49.9 Å². The summed E-state index contributed by atoms with van der Waals surface area (Å²) < 4.78 is 5.84. The zero-order valence-electron chi connectivity index (χ0n) is 17.4. The van der Waals surface area contributed by atoms with Crippen LogP contribution in [-0.2, 0) is 17.6 Å². The second kappa shape index (κ2) is 8.96. The van der Waals surface area contributed by atoms with Crippen LogP contribution in [0, 0.1) is 0 Å². The summed E-state index contributed by atoms with van der Waals surface area (Å²) in [5, 5.41) is -0.245. The van der Waals surface area contributed by atoms with Gasteiger partial charge in [-0.3, -0.25) is 14.5 Å². The third-order valence-electron chi connectivity index (χ3n) is 5.48. The van der Waals surface area contributed by atoms with Gasteiger partial charge in [-0.2, -0.15) is 0 Å². The summed E-state index contributed by atoms with van der Waals surface area (Å²) in [4.78, 5) is 28.7. The molecule has 5 nitrogen and oxygen atoms in total. The van der Waals surface area contributed by atoms with Crippen LogP contribution >= 0.6 is 11.8 Å². The Bertz CT molecular complexity index is 982. The van der Waals surface area contributed by atoms with Gasteiger partial charge in [0.15, 0.2) is 0 Å². The predicted octanol–water partition coefficient (Wildman–Crippen LogP) is 4.75. The molecule has 1 heterocycles. The van der Waals surface area contributed by atoms with Crippen LogP contribution in [0.2, 0.25) is 0 Å². The number of fused-ring (bicyclic) bond motifs is 1. The summed E-state index contributed by atoms with van der Waals surface area (Å²) in [6.45, 7) is 0.542. The summed E-state index contributed by atoms with van der Waals surface area (Å²) in [7, 11) is 3.96. The van der Waals surface area contributed by atoms with Gasteiger partial charge in [0, 0.05) is 19.8 Å². The van der Waals surface area contributed by atoms with Gasteiger partial charge in [-0.1, -0.05) is 18.2 Å². The maximum Gasteiger partial charge on any atom is 0.293 e. The second-order valence-corrected chi connectivity index (χ2v) is 8.80. The van der Waals surface area contributed by atoms with E-state index in [1.165, 1.54) is 28.9 Å². The van der Waals surface area contributed by atoms with Gasteiger partial charge in [0.05, 0.1) is 11.4 Å². The van der Waals surface area contributed by atoms with Gasteiger partial charge in [0.2, 0.25) is 0 Å². The largest absolute Gasteiger partial charge is 0.492 e. The molecule has 0 radical (unpaired) electrons. The molecule has 2 aromatic rings. The zero-order chi connectivity index (χ0) is 21.1. The lowest BCUT2D eigenvalue weighted by molar-refractivity contribution is -0.123. The minimum absolute atomic E-state index is 0.245. The summed E-state index contributed by atoms with van der Waals surface area (Å²) >= 11 is 0.985. The molecular formula is C24H26N2O3S. The molecule has 0 unspecified atom stereocenters. The van der Waals surface area contributed by atoms with E-state index < -0.39 is 0 Å². The Labute approximate surface area is 181 Å². The maximum absolute atomic E-state index is 12.7. The average Bonchev–Trinajstić information content (AvgIpc) is 3.01. The van der Waals surface area contributed by atoms with Crippen LogP contribution in [0.5, 0.6) is 5.75 Å². The predicted molar refractivity (Wildman–Crippen MR) is 122 cm³/mol. The first-order valence-electron chi connectivity index (χ1n) is 10.3. The van der Waals surface area contributed by atoms with Crippen molar-refractivity contribution in [2.45, 2.75) is 25.7 Å². The lowest BCUT2D eigenvalue weighted by Crippen LogP contribution is -2.32. The Kier molecular flexibility index (Phi) is 6.13. The molecule has 0 spiro atoms. The van der Waals surface area contributed by atoms with Crippen LogP contribution in [-0.4, -0.2) is 43.3 Å². The number of anilines is 1. The number of amides is 2. The number of rotatable bonds is 6. The minimum atomic E-state index is -0.254. The van der Waals surface area contributed by atoms with Crippen LogP contribution in [0.25, 0.3) is 6.08 Å². The van der Waals surface area contributed by atoms with Crippen molar-refractivity contribution in [1.82, 2.24) is 4.90 Å². The maximum atomic E-state index is 12.7. The third-order valence-corrected chi connectivity index (χ3v) is 6.39. The van der Waals surface area contributed by atoms with Gasteiger partial charge >= 0.3 is 0 Å². The van der Waals surface area contributed by atoms with Crippen molar-refractivity contribution >= 4 is 34.7 Å². The van der Waals surface area contributed by atoms with E-state index in [9.17, 15) is 9.59 Å². The van der Waals surface area contributed by atoms with E-state index in [0.29, 0.717) is 11.5 Å². The van der Waals surface area contributed by atoms with E-state index in [2.05, 4.69) is 12.1 Å². The molecule has 4 rings (SSSR count). The molecule has 2 amide bonds. The number of hydrogen-bond donors (Lipinski definition) is 0. The smallest absolute Gasteiger partial charge is 0.293 e. The van der Waals surface area contributed by atoms with Crippen LogP contribution in [0.4, 0.5) is 10.5 Å². The van der Waals surface area contributed by atoms with Crippen LogP contribution in [0.1, 0.15) is 29.5 Å². The van der Waals surface area contributed by atoms with Crippen molar-refractivity contribution in [2.75, 3.05) is 32.1 Å². The van der Waals surface area contributed by atoms with Gasteiger partial charge in [-0.15, -0.1) is 0 Å². The highest BCUT2D eigenvalue weighted by molar-refractivity contribution is 8.18. The van der Waals surface area contributed by atoms with E-state index in [4.69, 9.17) is 4.74 Å². The Balaban J connectivity index is 1.36. The summed E-state index contributed by atoms with van der Waals surface area (Å²) in [6, 6.07) is 14.1. The molecule has 1 saturated heterocycles. The number of aryl methyl sites for hydroxylation is 2. The first kappa shape index (κ1) is 20.5. The number of thioether (sulfide) groups is 1. The number of carbonyl (C=O) groups excluding carboxylic acids is 2. The number of hydrogen-bond acceptors (Lipinski definition) is 5. The molecule has 0 aromatic heterocycles. The fourth-order valence-corrected chi connectivity index (χ4v) is 4.63. The average molecular weight is 423 g/mol. The summed E-state index contributed by atoms with van der Waals surface area (Å²) in [5.74, 6) is 0.551. The summed E-state index contributed by atoms with van der Waals surface area (Å²) in [5.41, 5.74) is 4.74. The van der Waals surface area contributed by atoms with Crippen molar-refractivity contribution in [2.24, 2.45) is 0 Å². The Morgan fingerprint density at radius 2 is 1.77 bits per heavy atom. The van der Waals surface area contributed by atoms with Crippen LogP contribution < -0.4 is 9.64 Å². The minimum Gasteiger partial charge on any atom is -0.492 e. The normalized spacial score (nSPS) is 17.4. The molecular weight excluding hydrogens is 396 g/mol. The molecule has 1 fully saturated rings. The van der Waals surface area contributed by atoms with Crippen LogP contribution in [0.15, 0.2) is 47.4 Å². The van der Waals surface area contributed by atoms with Crippen molar-refractivity contribution in [3.05, 3.63) is 64.1 Å². The molecule has 0 N–H and O–H groups in total. The van der Waals surface area contributed by atoms with Crippen molar-refractivity contribution in [1.29, 1.82) is 0 Å². The molecule has 30 heavy (non-hydrogen) atoms. The highest BCUT2D eigenvalue weighted by Gasteiger charge is 2.34. The third kappa shape index (κ3) is 4.54. The number of ether oxygens (including phenoxy) is 1. The molecule has 1 aliphatic heterocycles. The number of carbonyl (C=O) groups is 2. The zero-order valence-corrected chi connectivity index (χ0v) is 18.2. The quantitative estimate of drug-likeness (QED) is 0.629. The molecule has 1 aliphatic carbocycles. The number of benzene rings is 2. The monoisotopic (exact) mass is 422 g/mol. The van der Waals surface area contributed by atoms with Crippen molar-refractivity contribution < 1.29 is 14.3 Å². The van der Waals surface area contributed by atoms with Crippen molar-refractivity contribution in [3.63, 3.8) is 0 Å².